The van der Waals surface area contributed by atoms with Gasteiger partial charge in [-0.3, -0.25) is 0 Å². The second-order valence-electron chi connectivity index (χ2n) is 6.34. The number of aromatic amines is 1. The molecule has 28 heavy (non-hydrogen) atoms. The van der Waals surface area contributed by atoms with Crippen molar-refractivity contribution in [3.8, 4) is 0 Å². The molecule has 2 aromatic heterocycles. The highest BCUT2D eigenvalue weighted by Crippen LogP contribution is 2.37. The molecular formula is C17H13Cl3F3N5. The molecule has 1 saturated heterocycles. The van der Waals surface area contributed by atoms with Crippen LogP contribution in [0.15, 0.2) is 24.4 Å². The standard InChI is InChI=1S/C17H13Cl3F3N5/c18-9-5-12(20)15(24-8-9)27-1-3-28(4-2-27)16-25-13-6-10(17(21,22)23)11(19)7-14(13)26-16/h5-8H,1-4H2,(H,25,26). The number of piperazine rings is 1. The average molecular weight is 451 g/mol. The number of imidazole rings is 1. The molecule has 0 atom stereocenters. The number of anilines is 2. The number of nitrogens with one attached hydrogen (secondary N) is 1. The Bertz CT molecular complexity index is 1030. The lowest BCUT2D eigenvalue weighted by molar-refractivity contribution is -0.137. The molecule has 0 unspecified atom stereocenters. The van der Waals surface area contributed by atoms with E-state index in [2.05, 4.69) is 15.0 Å². The van der Waals surface area contributed by atoms with Gasteiger partial charge in [-0.25, -0.2) is 9.97 Å². The maximum absolute atomic E-state index is 13.0. The lowest BCUT2D eigenvalue weighted by atomic mass is 10.2. The number of fused-ring (bicyclic) bond motifs is 1. The zero-order chi connectivity index (χ0) is 20.1. The molecule has 4 rings (SSSR count). The van der Waals surface area contributed by atoms with Gasteiger partial charge in [-0.05, 0) is 18.2 Å². The molecule has 0 amide bonds. The minimum absolute atomic E-state index is 0.288. The Morgan fingerprint density at radius 2 is 1.61 bits per heavy atom. The van der Waals surface area contributed by atoms with E-state index in [-0.39, 0.29) is 10.5 Å². The number of halogens is 6. The number of rotatable bonds is 2. The van der Waals surface area contributed by atoms with Crippen molar-refractivity contribution in [1.82, 2.24) is 15.0 Å². The fourth-order valence-corrected chi connectivity index (χ4v) is 3.92. The van der Waals surface area contributed by atoms with Crippen LogP contribution >= 0.6 is 34.8 Å². The van der Waals surface area contributed by atoms with Gasteiger partial charge in [0.15, 0.2) is 0 Å². The first-order valence-corrected chi connectivity index (χ1v) is 9.43. The minimum atomic E-state index is -4.52. The molecule has 1 aromatic carbocycles. The van der Waals surface area contributed by atoms with Crippen LogP contribution in [0, 0.1) is 0 Å². The average Bonchev–Trinajstić information content (AvgIpc) is 3.03. The molecule has 0 radical (unpaired) electrons. The van der Waals surface area contributed by atoms with Gasteiger partial charge >= 0.3 is 6.18 Å². The topological polar surface area (TPSA) is 48.1 Å². The quantitative estimate of drug-likeness (QED) is 0.578. The molecule has 0 spiro atoms. The zero-order valence-electron chi connectivity index (χ0n) is 14.2. The molecule has 148 valence electrons. The summed E-state index contributed by atoms with van der Waals surface area (Å²) in [5.41, 5.74) is -0.209. The summed E-state index contributed by atoms with van der Waals surface area (Å²) in [6.07, 6.45) is -2.98. The Kier molecular flexibility index (Phi) is 4.97. The van der Waals surface area contributed by atoms with Crippen molar-refractivity contribution in [1.29, 1.82) is 0 Å². The zero-order valence-corrected chi connectivity index (χ0v) is 16.5. The van der Waals surface area contributed by atoms with Crippen molar-refractivity contribution in [2.75, 3.05) is 36.0 Å². The molecule has 1 N–H and O–H groups in total. The van der Waals surface area contributed by atoms with Crippen LogP contribution in [0.1, 0.15) is 5.56 Å². The molecular weight excluding hydrogens is 438 g/mol. The van der Waals surface area contributed by atoms with E-state index >= 15 is 0 Å². The smallest absolute Gasteiger partial charge is 0.352 e. The molecule has 1 fully saturated rings. The normalized spacial score (nSPS) is 15.5. The molecule has 1 aliphatic heterocycles. The van der Waals surface area contributed by atoms with Crippen LogP contribution in [0.2, 0.25) is 15.1 Å². The number of pyridine rings is 1. The first-order valence-electron chi connectivity index (χ1n) is 8.30. The number of alkyl halides is 3. The molecule has 3 aromatic rings. The molecule has 1 aliphatic rings. The molecule has 0 aliphatic carbocycles. The van der Waals surface area contributed by atoms with E-state index in [0.717, 1.165) is 6.07 Å². The molecule has 11 heteroatoms. The summed E-state index contributed by atoms with van der Waals surface area (Å²) >= 11 is 17.9. The van der Waals surface area contributed by atoms with Gasteiger partial charge in [0.1, 0.15) is 5.82 Å². The van der Waals surface area contributed by atoms with Gasteiger partial charge in [0.05, 0.1) is 31.7 Å². The number of benzene rings is 1. The number of hydrogen-bond acceptors (Lipinski definition) is 4. The molecule has 0 saturated carbocycles. The van der Waals surface area contributed by atoms with Gasteiger partial charge in [0.2, 0.25) is 5.95 Å². The molecule has 0 bridgehead atoms. The highest BCUT2D eigenvalue weighted by Gasteiger charge is 2.34. The summed E-state index contributed by atoms with van der Waals surface area (Å²) in [6, 6.07) is 3.86. The third-order valence-electron chi connectivity index (χ3n) is 4.53. The number of nitrogens with zero attached hydrogens (tertiary/aromatic N) is 4. The van der Waals surface area contributed by atoms with Crippen molar-refractivity contribution in [3.63, 3.8) is 0 Å². The van der Waals surface area contributed by atoms with Crippen molar-refractivity contribution >= 4 is 57.6 Å². The van der Waals surface area contributed by atoms with Gasteiger partial charge < -0.3 is 14.8 Å². The Morgan fingerprint density at radius 1 is 0.929 bits per heavy atom. The maximum Gasteiger partial charge on any atom is 0.417 e. The van der Waals surface area contributed by atoms with Crippen LogP contribution in [-0.2, 0) is 6.18 Å². The molecule has 5 nitrogen and oxygen atoms in total. The van der Waals surface area contributed by atoms with E-state index in [0.29, 0.717) is 53.5 Å². The van der Waals surface area contributed by atoms with Crippen molar-refractivity contribution < 1.29 is 13.2 Å². The Balaban J connectivity index is 1.54. The third-order valence-corrected chi connectivity index (χ3v) is 5.33. The first-order chi connectivity index (χ1) is 13.2. The summed E-state index contributed by atoms with van der Waals surface area (Å²) in [6.45, 7) is 2.44. The van der Waals surface area contributed by atoms with Crippen LogP contribution in [0.4, 0.5) is 24.9 Å². The second kappa shape index (κ2) is 7.17. The molecule has 3 heterocycles. The van der Waals surface area contributed by atoms with Crippen molar-refractivity contribution in [2.45, 2.75) is 6.18 Å². The summed E-state index contributed by atoms with van der Waals surface area (Å²) < 4.78 is 39.1. The van der Waals surface area contributed by atoms with Crippen molar-refractivity contribution in [2.24, 2.45) is 0 Å². The predicted molar refractivity (Wildman–Crippen MR) is 105 cm³/mol. The second-order valence-corrected chi connectivity index (χ2v) is 7.59. The number of H-pyrrole nitrogens is 1. The third kappa shape index (κ3) is 3.68. The van der Waals surface area contributed by atoms with Gasteiger partial charge in [-0.2, -0.15) is 13.2 Å². The summed E-state index contributed by atoms with van der Waals surface area (Å²) in [4.78, 5) is 15.6. The van der Waals surface area contributed by atoms with Crippen LogP contribution < -0.4 is 9.80 Å². The number of aromatic nitrogens is 3. The van der Waals surface area contributed by atoms with Gasteiger partial charge in [-0.15, -0.1) is 0 Å². The van der Waals surface area contributed by atoms with Gasteiger partial charge in [0.25, 0.3) is 0 Å². The Morgan fingerprint density at radius 3 is 2.25 bits per heavy atom. The Hall–Kier alpha value is -1.90. The summed E-state index contributed by atoms with van der Waals surface area (Å²) in [5, 5.41) is 0.567. The summed E-state index contributed by atoms with van der Waals surface area (Å²) in [7, 11) is 0. The van der Waals surface area contributed by atoms with Crippen LogP contribution in [0.5, 0.6) is 0 Å². The fourth-order valence-electron chi connectivity index (χ4n) is 3.15. The fraction of sp³-hybridized carbons (Fsp3) is 0.294. The minimum Gasteiger partial charge on any atom is -0.352 e. The lowest BCUT2D eigenvalue weighted by Crippen LogP contribution is -2.47. The first kappa shape index (κ1) is 19.4. The monoisotopic (exact) mass is 449 g/mol. The predicted octanol–water partition coefficient (Wildman–Crippen LogP) is 5.26. The van der Waals surface area contributed by atoms with E-state index in [4.69, 9.17) is 34.8 Å². The van der Waals surface area contributed by atoms with E-state index in [1.807, 2.05) is 9.80 Å². The van der Waals surface area contributed by atoms with Crippen LogP contribution in [0.3, 0.4) is 0 Å². The SMILES string of the molecule is FC(F)(F)c1cc2[nH]c(N3CCN(c4ncc(Cl)cc4Cl)CC3)nc2cc1Cl. The number of hydrogen-bond donors (Lipinski definition) is 1. The van der Waals surface area contributed by atoms with E-state index in [1.165, 1.54) is 12.3 Å². The summed E-state index contributed by atoms with van der Waals surface area (Å²) in [5.74, 6) is 1.15. The Labute approximate surface area is 173 Å². The van der Waals surface area contributed by atoms with E-state index < -0.39 is 11.7 Å². The van der Waals surface area contributed by atoms with Gasteiger partial charge in [0, 0.05) is 32.4 Å². The highest BCUT2D eigenvalue weighted by molar-refractivity contribution is 6.36. The van der Waals surface area contributed by atoms with Crippen LogP contribution in [-0.4, -0.2) is 41.1 Å². The highest BCUT2D eigenvalue weighted by atomic mass is 35.5. The largest absolute Gasteiger partial charge is 0.417 e. The van der Waals surface area contributed by atoms with Gasteiger partial charge in [-0.1, -0.05) is 34.8 Å². The van der Waals surface area contributed by atoms with E-state index in [9.17, 15) is 13.2 Å². The van der Waals surface area contributed by atoms with Crippen LogP contribution in [0.25, 0.3) is 11.0 Å². The maximum atomic E-state index is 13.0. The van der Waals surface area contributed by atoms with E-state index in [1.54, 1.807) is 6.07 Å². The van der Waals surface area contributed by atoms with Crippen molar-refractivity contribution in [3.05, 3.63) is 45.0 Å². The lowest BCUT2D eigenvalue weighted by Gasteiger charge is -2.35.